The third-order valence-corrected chi connectivity index (χ3v) is 3.44. The molecule has 1 N–H and O–H groups in total. The van der Waals surface area contributed by atoms with Gasteiger partial charge in [-0.25, -0.2) is 0 Å². The predicted octanol–water partition coefficient (Wildman–Crippen LogP) is 2.27. The van der Waals surface area contributed by atoms with Crippen molar-refractivity contribution in [2.45, 2.75) is 52.1 Å². The second-order valence-corrected chi connectivity index (χ2v) is 4.95. The number of hydrogen-bond acceptors (Lipinski definition) is 3. The summed E-state index contributed by atoms with van der Waals surface area (Å²) < 4.78 is 5.66. The molecule has 0 unspecified atom stereocenters. The van der Waals surface area contributed by atoms with Crippen molar-refractivity contribution in [3.8, 4) is 0 Å². The van der Waals surface area contributed by atoms with Crippen LogP contribution in [0.15, 0.2) is 0 Å². The smallest absolute Gasteiger partial charge is 0.0599 e. The van der Waals surface area contributed by atoms with Crippen molar-refractivity contribution in [2.75, 3.05) is 39.3 Å². The molecule has 0 aliphatic carbocycles. The van der Waals surface area contributed by atoms with Crippen LogP contribution >= 0.6 is 0 Å². The van der Waals surface area contributed by atoms with E-state index >= 15 is 0 Å². The Hall–Kier alpha value is -0.120. The summed E-state index contributed by atoms with van der Waals surface area (Å²) in [5.41, 5.74) is 0. The maximum Gasteiger partial charge on any atom is 0.0599 e. The Morgan fingerprint density at radius 1 is 1.12 bits per heavy atom. The SMILES string of the molecule is CCCNCCCCN1CCC(OCC)CC1. The lowest BCUT2D eigenvalue weighted by Gasteiger charge is -2.31. The van der Waals surface area contributed by atoms with Gasteiger partial charge in [-0.15, -0.1) is 0 Å². The molecule has 17 heavy (non-hydrogen) atoms. The summed E-state index contributed by atoms with van der Waals surface area (Å²) in [5, 5.41) is 3.46. The van der Waals surface area contributed by atoms with Crippen molar-refractivity contribution in [2.24, 2.45) is 0 Å². The molecule has 1 aliphatic heterocycles. The zero-order valence-corrected chi connectivity index (χ0v) is 11.7. The summed E-state index contributed by atoms with van der Waals surface area (Å²) >= 11 is 0. The van der Waals surface area contributed by atoms with E-state index < -0.39 is 0 Å². The number of rotatable bonds is 9. The number of likely N-dealkylation sites (tertiary alicyclic amines) is 1. The van der Waals surface area contributed by atoms with Crippen LogP contribution in [-0.2, 0) is 4.74 Å². The summed E-state index contributed by atoms with van der Waals surface area (Å²) in [4.78, 5) is 2.59. The predicted molar refractivity (Wildman–Crippen MR) is 73.5 cm³/mol. The van der Waals surface area contributed by atoms with Gasteiger partial charge < -0.3 is 15.0 Å². The fourth-order valence-electron chi connectivity index (χ4n) is 2.42. The maximum absolute atomic E-state index is 5.66. The molecule has 0 aromatic carbocycles. The molecule has 0 radical (unpaired) electrons. The van der Waals surface area contributed by atoms with Gasteiger partial charge in [0.15, 0.2) is 0 Å². The fraction of sp³-hybridized carbons (Fsp3) is 1.00. The summed E-state index contributed by atoms with van der Waals surface area (Å²) in [7, 11) is 0. The first-order valence-electron chi connectivity index (χ1n) is 7.41. The third kappa shape index (κ3) is 7.02. The minimum absolute atomic E-state index is 0.530. The lowest BCUT2D eigenvalue weighted by Crippen LogP contribution is -2.37. The summed E-state index contributed by atoms with van der Waals surface area (Å²) in [5.74, 6) is 0. The third-order valence-electron chi connectivity index (χ3n) is 3.44. The number of nitrogens with one attached hydrogen (secondary N) is 1. The molecular weight excluding hydrogens is 212 g/mol. The summed E-state index contributed by atoms with van der Waals surface area (Å²) in [6.07, 6.45) is 6.86. The van der Waals surface area contributed by atoms with E-state index in [1.54, 1.807) is 0 Å². The van der Waals surface area contributed by atoms with Gasteiger partial charge in [0.05, 0.1) is 6.10 Å². The monoisotopic (exact) mass is 242 g/mol. The summed E-state index contributed by atoms with van der Waals surface area (Å²) in [6, 6.07) is 0. The molecule has 3 nitrogen and oxygen atoms in total. The van der Waals surface area contributed by atoms with Crippen LogP contribution in [0.25, 0.3) is 0 Å². The number of hydrogen-bond donors (Lipinski definition) is 1. The van der Waals surface area contributed by atoms with Crippen LogP contribution in [0.4, 0.5) is 0 Å². The number of unbranched alkanes of at least 4 members (excludes halogenated alkanes) is 1. The van der Waals surface area contributed by atoms with E-state index in [1.165, 1.54) is 64.8 Å². The van der Waals surface area contributed by atoms with Crippen molar-refractivity contribution in [3.05, 3.63) is 0 Å². The maximum atomic E-state index is 5.66. The normalized spacial score (nSPS) is 18.7. The van der Waals surface area contributed by atoms with Gasteiger partial charge >= 0.3 is 0 Å². The average molecular weight is 242 g/mol. The van der Waals surface area contributed by atoms with E-state index in [0.717, 1.165) is 6.61 Å². The molecule has 102 valence electrons. The van der Waals surface area contributed by atoms with Crippen molar-refractivity contribution in [1.82, 2.24) is 10.2 Å². The highest BCUT2D eigenvalue weighted by molar-refractivity contribution is 4.72. The van der Waals surface area contributed by atoms with Crippen LogP contribution in [0.2, 0.25) is 0 Å². The van der Waals surface area contributed by atoms with Crippen LogP contribution in [0.5, 0.6) is 0 Å². The summed E-state index contributed by atoms with van der Waals surface area (Å²) in [6.45, 7) is 11.3. The van der Waals surface area contributed by atoms with E-state index in [2.05, 4.69) is 24.1 Å². The zero-order chi connectivity index (χ0) is 12.3. The van der Waals surface area contributed by atoms with Gasteiger partial charge in [-0.2, -0.15) is 0 Å². The van der Waals surface area contributed by atoms with Crippen LogP contribution in [0.1, 0.15) is 46.0 Å². The Morgan fingerprint density at radius 3 is 2.53 bits per heavy atom. The van der Waals surface area contributed by atoms with E-state index in [9.17, 15) is 0 Å². The molecule has 0 bridgehead atoms. The Kier molecular flexibility index (Phi) is 8.67. The van der Waals surface area contributed by atoms with Crippen LogP contribution in [0.3, 0.4) is 0 Å². The van der Waals surface area contributed by atoms with Gasteiger partial charge in [0, 0.05) is 19.7 Å². The van der Waals surface area contributed by atoms with Crippen LogP contribution < -0.4 is 5.32 Å². The Labute approximate surface area is 107 Å². The lowest BCUT2D eigenvalue weighted by atomic mass is 10.1. The van der Waals surface area contributed by atoms with Crippen LogP contribution in [0, 0.1) is 0 Å². The minimum atomic E-state index is 0.530. The van der Waals surface area contributed by atoms with Gasteiger partial charge in [-0.3, -0.25) is 0 Å². The standard InChI is InChI=1S/C14H30N2O/c1-3-9-15-10-5-6-11-16-12-7-14(8-13-16)17-4-2/h14-15H,3-13H2,1-2H3. The van der Waals surface area contributed by atoms with Gasteiger partial charge in [0.25, 0.3) is 0 Å². The molecular formula is C14H30N2O. The highest BCUT2D eigenvalue weighted by Crippen LogP contribution is 2.13. The van der Waals surface area contributed by atoms with Crippen molar-refractivity contribution in [1.29, 1.82) is 0 Å². The molecule has 1 aliphatic rings. The first kappa shape index (κ1) is 14.9. The number of piperidine rings is 1. The zero-order valence-electron chi connectivity index (χ0n) is 11.7. The fourth-order valence-corrected chi connectivity index (χ4v) is 2.42. The number of ether oxygens (including phenoxy) is 1. The molecule has 0 saturated carbocycles. The molecule has 1 fully saturated rings. The lowest BCUT2D eigenvalue weighted by molar-refractivity contribution is 0.0140. The molecule has 1 rings (SSSR count). The molecule has 1 saturated heterocycles. The highest BCUT2D eigenvalue weighted by atomic mass is 16.5. The Morgan fingerprint density at radius 2 is 1.88 bits per heavy atom. The van der Waals surface area contributed by atoms with Crippen molar-refractivity contribution < 1.29 is 4.74 Å². The Balaban J connectivity index is 1.91. The average Bonchev–Trinajstić information content (AvgIpc) is 2.36. The largest absolute Gasteiger partial charge is 0.378 e. The second-order valence-electron chi connectivity index (χ2n) is 4.95. The number of nitrogens with zero attached hydrogens (tertiary/aromatic N) is 1. The minimum Gasteiger partial charge on any atom is -0.378 e. The van der Waals surface area contributed by atoms with Crippen LogP contribution in [-0.4, -0.2) is 50.3 Å². The van der Waals surface area contributed by atoms with Gasteiger partial charge in [-0.05, 0) is 58.7 Å². The van der Waals surface area contributed by atoms with Gasteiger partial charge in [0.2, 0.25) is 0 Å². The van der Waals surface area contributed by atoms with Gasteiger partial charge in [-0.1, -0.05) is 6.92 Å². The molecule has 0 amide bonds. The molecule has 0 atom stereocenters. The first-order valence-corrected chi connectivity index (χ1v) is 7.41. The topological polar surface area (TPSA) is 24.5 Å². The van der Waals surface area contributed by atoms with E-state index in [4.69, 9.17) is 4.74 Å². The molecule has 0 spiro atoms. The first-order chi connectivity index (χ1) is 8.36. The second kappa shape index (κ2) is 9.86. The van der Waals surface area contributed by atoms with Crippen molar-refractivity contribution >= 4 is 0 Å². The molecule has 0 aromatic rings. The highest BCUT2D eigenvalue weighted by Gasteiger charge is 2.18. The quantitative estimate of drug-likeness (QED) is 0.628. The molecule has 3 heteroatoms. The van der Waals surface area contributed by atoms with Gasteiger partial charge in [0.1, 0.15) is 0 Å². The Bertz CT molecular complexity index is 168. The van der Waals surface area contributed by atoms with E-state index in [-0.39, 0.29) is 0 Å². The van der Waals surface area contributed by atoms with E-state index in [1.807, 2.05) is 0 Å². The van der Waals surface area contributed by atoms with E-state index in [0.29, 0.717) is 6.10 Å². The van der Waals surface area contributed by atoms with Crippen molar-refractivity contribution in [3.63, 3.8) is 0 Å². The molecule has 0 aromatic heterocycles. The molecule has 1 heterocycles.